The largest absolute Gasteiger partial charge is 0.368 e. The van der Waals surface area contributed by atoms with E-state index >= 15 is 0 Å². The third-order valence-electron chi connectivity index (χ3n) is 8.13. The normalized spacial score (nSPS) is 22.5. The van der Waals surface area contributed by atoms with E-state index in [1.54, 1.807) is 0 Å². The fraction of sp³-hybridized carbons (Fsp3) is 0.720. The maximum atomic E-state index is 4.41. The molecule has 6 nitrogen and oxygen atoms in total. The Balaban J connectivity index is 1.04. The molecule has 0 amide bonds. The highest BCUT2D eigenvalue weighted by atomic mass is 15.3. The standard InChI is InChI=1S/C25H38N6/c1-19-22(18-30(2)29-19)23-8-9-24(28-27-23)26-16-21-14-25(15-21)10-12-31(13-11-25)17-20-6-4-3-5-7-20/h8-9,18,20-21H,3-7,10-17H2,1-2H3,(H,26,28). The van der Waals surface area contributed by atoms with Crippen LogP contribution in [0.5, 0.6) is 0 Å². The molecule has 3 heterocycles. The molecule has 0 bridgehead atoms. The minimum absolute atomic E-state index is 0.642. The van der Waals surface area contributed by atoms with E-state index in [4.69, 9.17) is 0 Å². The van der Waals surface area contributed by atoms with Crippen LogP contribution in [-0.2, 0) is 7.05 Å². The number of aryl methyl sites for hydroxylation is 2. The Kier molecular flexibility index (Phi) is 6.00. The van der Waals surface area contributed by atoms with Crippen molar-refractivity contribution in [1.82, 2.24) is 24.9 Å². The number of nitrogens with zero attached hydrogens (tertiary/aromatic N) is 5. The minimum atomic E-state index is 0.642. The van der Waals surface area contributed by atoms with E-state index in [2.05, 4.69) is 25.5 Å². The van der Waals surface area contributed by atoms with E-state index in [9.17, 15) is 0 Å². The smallest absolute Gasteiger partial charge is 0.148 e. The topological polar surface area (TPSA) is 58.9 Å². The Bertz CT molecular complexity index is 851. The van der Waals surface area contributed by atoms with Gasteiger partial charge in [-0.3, -0.25) is 4.68 Å². The van der Waals surface area contributed by atoms with E-state index in [-0.39, 0.29) is 0 Å². The highest BCUT2D eigenvalue weighted by Gasteiger charge is 2.45. The number of anilines is 1. The van der Waals surface area contributed by atoms with Gasteiger partial charge in [-0.15, -0.1) is 10.2 Å². The summed E-state index contributed by atoms with van der Waals surface area (Å²) in [6, 6.07) is 4.09. The Morgan fingerprint density at radius 1 is 1.03 bits per heavy atom. The van der Waals surface area contributed by atoms with Crippen LogP contribution in [0.1, 0.15) is 63.5 Å². The van der Waals surface area contributed by atoms with Gasteiger partial charge in [-0.1, -0.05) is 19.3 Å². The van der Waals surface area contributed by atoms with Crippen molar-refractivity contribution in [2.75, 3.05) is 31.5 Å². The van der Waals surface area contributed by atoms with Crippen molar-refractivity contribution in [3.8, 4) is 11.3 Å². The molecule has 0 radical (unpaired) electrons. The van der Waals surface area contributed by atoms with E-state index in [0.717, 1.165) is 41.1 Å². The van der Waals surface area contributed by atoms with Crippen LogP contribution in [0.15, 0.2) is 18.3 Å². The Hall–Kier alpha value is -1.95. The maximum absolute atomic E-state index is 4.41. The van der Waals surface area contributed by atoms with Crippen LogP contribution in [0.25, 0.3) is 11.3 Å². The lowest BCUT2D eigenvalue weighted by Gasteiger charge is -2.53. The average molecular weight is 423 g/mol. The molecule has 31 heavy (non-hydrogen) atoms. The van der Waals surface area contributed by atoms with Gasteiger partial charge in [0, 0.05) is 31.9 Å². The molecule has 1 aliphatic heterocycles. The molecule has 3 aliphatic rings. The molecule has 5 rings (SSSR count). The lowest BCUT2D eigenvalue weighted by Crippen LogP contribution is -2.49. The monoisotopic (exact) mass is 422 g/mol. The van der Waals surface area contributed by atoms with Crippen LogP contribution >= 0.6 is 0 Å². The molecule has 1 N–H and O–H groups in total. The highest BCUT2D eigenvalue weighted by Crippen LogP contribution is 2.52. The molecular formula is C25H38N6. The van der Waals surface area contributed by atoms with Crippen molar-refractivity contribution in [1.29, 1.82) is 0 Å². The Morgan fingerprint density at radius 2 is 1.81 bits per heavy atom. The summed E-state index contributed by atoms with van der Waals surface area (Å²) in [5.41, 5.74) is 3.57. The molecular weight excluding hydrogens is 384 g/mol. The van der Waals surface area contributed by atoms with Gasteiger partial charge in [-0.05, 0) is 87.9 Å². The second-order valence-electron chi connectivity index (χ2n) is 10.6. The SMILES string of the molecule is Cc1nn(C)cc1-c1ccc(NCC2CC3(CCN(CC4CCCCC4)CC3)C2)nn1. The van der Waals surface area contributed by atoms with Crippen LogP contribution in [0.4, 0.5) is 5.82 Å². The van der Waals surface area contributed by atoms with Gasteiger partial charge < -0.3 is 10.2 Å². The number of hydrogen-bond acceptors (Lipinski definition) is 5. The van der Waals surface area contributed by atoms with E-state index < -0.39 is 0 Å². The van der Waals surface area contributed by atoms with Crippen LogP contribution in [0, 0.1) is 24.2 Å². The molecule has 3 fully saturated rings. The van der Waals surface area contributed by atoms with E-state index in [0.29, 0.717) is 5.41 Å². The van der Waals surface area contributed by atoms with Gasteiger partial charge in [0.05, 0.1) is 11.4 Å². The first-order chi connectivity index (χ1) is 15.1. The minimum Gasteiger partial charge on any atom is -0.368 e. The summed E-state index contributed by atoms with van der Waals surface area (Å²) in [7, 11) is 1.94. The number of hydrogen-bond donors (Lipinski definition) is 1. The first-order valence-corrected chi connectivity index (χ1v) is 12.4. The predicted molar refractivity (Wildman–Crippen MR) is 125 cm³/mol. The van der Waals surface area contributed by atoms with Gasteiger partial charge >= 0.3 is 0 Å². The van der Waals surface area contributed by atoms with Gasteiger partial charge in [0.15, 0.2) is 0 Å². The lowest BCUT2D eigenvalue weighted by molar-refractivity contribution is -0.0127. The van der Waals surface area contributed by atoms with Gasteiger partial charge in [-0.25, -0.2) is 0 Å². The predicted octanol–water partition coefficient (Wildman–Crippen LogP) is 4.67. The molecule has 2 saturated carbocycles. The lowest BCUT2D eigenvalue weighted by atomic mass is 9.57. The third-order valence-corrected chi connectivity index (χ3v) is 8.13. The van der Waals surface area contributed by atoms with Crippen LogP contribution in [-0.4, -0.2) is 51.1 Å². The molecule has 2 aromatic heterocycles. The number of aromatic nitrogens is 4. The van der Waals surface area contributed by atoms with Crippen LogP contribution in [0.2, 0.25) is 0 Å². The number of piperidine rings is 1. The van der Waals surface area contributed by atoms with Gasteiger partial charge in [0.2, 0.25) is 0 Å². The molecule has 1 saturated heterocycles. The highest BCUT2D eigenvalue weighted by molar-refractivity contribution is 5.61. The Labute approximate surface area is 186 Å². The maximum Gasteiger partial charge on any atom is 0.148 e. The first-order valence-electron chi connectivity index (χ1n) is 12.4. The zero-order valence-electron chi connectivity index (χ0n) is 19.3. The number of likely N-dealkylation sites (tertiary alicyclic amines) is 1. The molecule has 0 aromatic carbocycles. The molecule has 2 aromatic rings. The molecule has 0 unspecified atom stereocenters. The first kappa shape index (κ1) is 20.9. The van der Waals surface area contributed by atoms with Crippen molar-refractivity contribution in [3.63, 3.8) is 0 Å². The van der Waals surface area contributed by atoms with Crippen LogP contribution in [0.3, 0.4) is 0 Å². The fourth-order valence-electron chi connectivity index (χ4n) is 6.33. The zero-order valence-corrected chi connectivity index (χ0v) is 19.3. The molecule has 2 aliphatic carbocycles. The summed E-state index contributed by atoms with van der Waals surface area (Å²) >= 11 is 0. The van der Waals surface area contributed by atoms with Crippen molar-refractivity contribution in [2.24, 2.45) is 24.3 Å². The Morgan fingerprint density at radius 3 is 2.45 bits per heavy atom. The summed E-state index contributed by atoms with van der Waals surface area (Å²) in [4.78, 5) is 2.77. The van der Waals surface area contributed by atoms with Crippen molar-refractivity contribution in [2.45, 2.75) is 64.7 Å². The van der Waals surface area contributed by atoms with Crippen molar-refractivity contribution >= 4 is 5.82 Å². The summed E-state index contributed by atoms with van der Waals surface area (Å²) in [5.74, 6) is 2.65. The summed E-state index contributed by atoms with van der Waals surface area (Å²) in [5, 5.41) is 16.7. The second kappa shape index (κ2) is 8.89. The molecule has 1 spiro atoms. The van der Waals surface area contributed by atoms with Gasteiger partial charge in [-0.2, -0.15) is 5.10 Å². The van der Waals surface area contributed by atoms with Crippen molar-refractivity contribution < 1.29 is 0 Å². The molecule has 168 valence electrons. The van der Waals surface area contributed by atoms with E-state index in [1.807, 2.05) is 37.0 Å². The summed E-state index contributed by atoms with van der Waals surface area (Å²) in [6.45, 7) is 7.06. The number of nitrogens with one attached hydrogen (secondary N) is 1. The van der Waals surface area contributed by atoms with Gasteiger partial charge in [0.1, 0.15) is 5.82 Å². The molecule has 0 atom stereocenters. The fourth-order valence-corrected chi connectivity index (χ4v) is 6.33. The van der Waals surface area contributed by atoms with Crippen LogP contribution < -0.4 is 5.32 Å². The quantitative estimate of drug-likeness (QED) is 0.733. The summed E-state index contributed by atoms with van der Waals surface area (Å²) in [6.07, 6.45) is 14.9. The zero-order chi connectivity index (χ0) is 21.3. The third kappa shape index (κ3) is 4.79. The summed E-state index contributed by atoms with van der Waals surface area (Å²) < 4.78 is 1.82. The number of rotatable bonds is 6. The average Bonchev–Trinajstić information content (AvgIpc) is 3.11. The van der Waals surface area contributed by atoms with Gasteiger partial charge in [0.25, 0.3) is 0 Å². The second-order valence-corrected chi connectivity index (χ2v) is 10.6. The van der Waals surface area contributed by atoms with Crippen molar-refractivity contribution in [3.05, 3.63) is 24.0 Å². The van der Waals surface area contributed by atoms with E-state index in [1.165, 1.54) is 77.4 Å². The molecule has 6 heteroatoms.